The van der Waals surface area contributed by atoms with Crippen molar-refractivity contribution >= 4 is 27.9 Å². The first-order chi connectivity index (χ1) is 10.7. The maximum absolute atomic E-state index is 13.3. The van der Waals surface area contributed by atoms with Crippen molar-refractivity contribution in [1.82, 2.24) is 4.90 Å². The number of nitrogens with one attached hydrogen (secondary N) is 1. The molecule has 2 N–H and O–H groups in total. The summed E-state index contributed by atoms with van der Waals surface area (Å²) in [4.78, 5) is 21.2. The van der Waals surface area contributed by atoms with Crippen LogP contribution in [0.3, 0.4) is 0 Å². The van der Waals surface area contributed by atoms with Gasteiger partial charge in [-0.2, -0.15) is 0 Å². The Bertz CT molecular complexity index is 696. The van der Waals surface area contributed by atoms with Crippen LogP contribution in [0, 0.1) is 0 Å². The van der Waals surface area contributed by atoms with Crippen molar-refractivity contribution in [1.29, 1.82) is 0 Å². The van der Waals surface area contributed by atoms with E-state index in [0.29, 0.717) is 11.0 Å². The molecule has 0 radical (unpaired) electrons. The Labute approximate surface area is 132 Å². The number of anilines is 1. The van der Waals surface area contributed by atoms with Gasteiger partial charge in [-0.3, -0.25) is 9.69 Å². The van der Waals surface area contributed by atoms with Crippen molar-refractivity contribution in [2.24, 2.45) is 0 Å². The van der Waals surface area contributed by atoms with E-state index >= 15 is 0 Å². The molecule has 2 atom stereocenters. The first kappa shape index (κ1) is 18.2. The highest BCUT2D eigenvalue weighted by molar-refractivity contribution is 8.45. The number of hydrogen-bond acceptors (Lipinski definition) is 2. The lowest BCUT2D eigenvalue weighted by molar-refractivity contribution is -0.119. The van der Waals surface area contributed by atoms with Crippen LogP contribution in [0.2, 0.25) is 0 Å². The quantitative estimate of drug-likeness (QED) is 0.768. The van der Waals surface area contributed by atoms with Crippen molar-refractivity contribution in [2.45, 2.75) is 23.5 Å². The number of alkyl halides is 1. The van der Waals surface area contributed by atoms with Crippen LogP contribution in [0.4, 0.5) is 34.3 Å². The molecule has 0 bridgehead atoms. The number of carbonyl (C=O) groups excluding carboxylic acids is 1. The van der Waals surface area contributed by atoms with Gasteiger partial charge in [0.1, 0.15) is 17.1 Å². The summed E-state index contributed by atoms with van der Waals surface area (Å²) in [5, 5.41) is 10.8. The standard InChI is InChI=1S/C12H12F6N2O3S/c13-7-4-10(20(6-7)12(22)23)11(21)19-8-2-1-3-9(5-8)24(14,15,16,17)18/h1-3,5,7,10H,4,6H2,(H,19,21)(H,22,23)/t7-,10+/m1/s1. The van der Waals surface area contributed by atoms with E-state index in [4.69, 9.17) is 5.11 Å². The summed E-state index contributed by atoms with van der Waals surface area (Å²) in [6.07, 6.45) is -3.65. The second-order valence-corrected chi connectivity index (χ2v) is 7.68. The van der Waals surface area contributed by atoms with Crippen LogP contribution in [0.1, 0.15) is 6.42 Å². The van der Waals surface area contributed by atoms with Gasteiger partial charge in [-0.15, -0.1) is 0 Å². The molecule has 2 rings (SSSR count). The van der Waals surface area contributed by atoms with Crippen molar-refractivity contribution in [3.05, 3.63) is 24.3 Å². The van der Waals surface area contributed by atoms with Gasteiger partial charge in [-0.25, -0.2) is 9.18 Å². The van der Waals surface area contributed by atoms with Gasteiger partial charge in [0.25, 0.3) is 0 Å². The summed E-state index contributed by atoms with van der Waals surface area (Å²) < 4.78 is 77.0. The van der Waals surface area contributed by atoms with Gasteiger partial charge in [-0.05, 0) is 18.2 Å². The first-order valence-electron chi connectivity index (χ1n) is 6.46. The predicted octanol–water partition coefficient (Wildman–Crippen LogP) is 4.37. The molecule has 0 aliphatic carbocycles. The van der Waals surface area contributed by atoms with Crippen LogP contribution in [0.15, 0.2) is 29.2 Å². The Morgan fingerprint density at radius 3 is 2.38 bits per heavy atom. The molecule has 136 valence electrons. The molecule has 5 nitrogen and oxygen atoms in total. The minimum absolute atomic E-state index is 0.0481. The number of carbonyl (C=O) groups is 2. The van der Waals surface area contributed by atoms with Crippen LogP contribution in [-0.2, 0) is 4.79 Å². The van der Waals surface area contributed by atoms with Crippen LogP contribution < -0.4 is 5.32 Å². The Balaban J connectivity index is 2.23. The van der Waals surface area contributed by atoms with Crippen LogP contribution in [0.5, 0.6) is 0 Å². The zero-order valence-electron chi connectivity index (χ0n) is 11.8. The number of carboxylic acid groups (broad SMARTS) is 1. The molecule has 1 aliphatic rings. The molecule has 1 aliphatic heterocycles. The summed E-state index contributed by atoms with van der Waals surface area (Å²) in [6, 6.07) is 0.351. The highest BCUT2D eigenvalue weighted by Gasteiger charge is 2.65. The fourth-order valence-electron chi connectivity index (χ4n) is 2.28. The number of hydrogen-bond donors (Lipinski definition) is 2. The first-order valence-corrected chi connectivity index (χ1v) is 8.41. The molecule has 1 heterocycles. The molecule has 0 aromatic heterocycles. The van der Waals surface area contributed by atoms with E-state index in [-0.39, 0.29) is 12.1 Å². The predicted molar refractivity (Wildman–Crippen MR) is 74.5 cm³/mol. The number of amides is 2. The highest BCUT2D eigenvalue weighted by Crippen LogP contribution is 3.02. The Hall–Kier alpha value is -2.11. The molecule has 24 heavy (non-hydrogen) atoms. The third-order valence-electron chi connectivity index (χ3n) is 3.35. The van der Waals surface area contributed by atoms with E-state index in [1.807, 2.05) is 5.32 Å². The van der Waals surface area contributed by atoms with Crippen molar-refractivity contribution in [2.75, 3.05) is 11.9 Å². The van der Waals surface area contributed by atoms with Crippen molar-refractivity contribution < 1.29 is 38.5 Å². The smallest absolute Gasteiger partial charge is 0.408 e. The fraction of sp³-hybridized carbons (Fsp3) is 0.333. The van der Waals surface area contributed by atoms with E-state index in [1.165, 1.54) is 0 Å². The van der Waals surface area contributed by atoms with E-state index in [9.17, 15) is 33.4 Å². The largest absolute Gasteiger partial charge is 0.465 e. The lowest BCUT2D eigenvalue weighted by Gasteiger charge is -2.40. The molecule has 12 heteroatoms. The molecule has 2 amide bonds. The fourth-order valence-corrected chi connectivity index (χ4v) is 2.97. The normalized spacial score (nSPS) is 24.2. The second kappa shape index (κ2) is 4.94. The lowest BCUT2D eigenvalue weighted by Crippen LogP contribution is -2.42. The van der Waals surface area contributed by atoms with E-state index < -0.39 is 58.0 Å². The number of nitrogens with zero attached hydrogens (tertiary/aromatic N) is 1. The Morgan fingerprint density at radius 1 is 1.21 bits per heavy atom. The second-order valence-electron chi connectivity index (χ2n) is 5.27. The lowest BCUT2D eigenvalue weighted by atomic mass is 10.2. The molecule has 1 aromatic rings. The number of rotatable bonds is 3. The molecule has 0 spiro atoms. The summed E-state index contributed by atoms with van der Waals surface area (Å²) >= 11 is 0. The maximum atomic E-state index is 13.3. The molecule has 0 saturated carbocycles. The van der Waals surface area contributed by atoms with Gasteiger partial charge in [0, 0.05) is 12.1 Å². The molecular weight excluding hydrogens is 366 g/mol. The monoisotopic (exact) mass is 378 g/mol. The Morgan fingerprint density at radius 2 is 1.83 bits per heavy atom. The zero-order valence-corrected chi connectivity index (χ0v) is 12.6. The minimum atomic E-state index is -9.92. The SMILES string of the molecule is O=C(Nc1cccc(S(F)(F)(F)(F)F)c1)[C@@H]1C[C@@H](F)CN1C(=O)O. The molecule has 1 saturated heterocycles. The molecule has 0 unspecified atom stereocenters. The van der Waals surface area contributed by atoms with Gasteiger partial charge < -0.3 is 10.4 Å². The summed E-state index contributed by atoms with van der Waals surface area (Å²) in [5.41, 5.74) is -0.599. The van der Waals surface area contributed by atoms with Crippen LogP contribution in [-0.4, -0.2) is 40.8 Å². The van der Waals surface area contributed by atoms with Crippen molar-refractivity contribution in [3.8, 4) is 0 Å². The van der Waals surface area contributed by atoms with Gasteiger partial charge in [0.05, 0.1) is 6.54 Å². The van der Waals surface area contributed by atoms with E-state index in [2.05, 4.69) is 0 Å². The average molecular weight is 378 g/mol. The average Bonchev–Trinajstić information content (AvgIpc) is 2.79. The number of halogens is 6. The highest BCUT2D eigenvalue weighted by atomic mass is 32.5. The minimum Gasteiger partial charge on any atom is -0.465 e. The molecule has 1 fully saturated rings. The third-order valence-corrected chi connectivity index (χ3v) is 4.49. The zero-order chi connectivity index (χ0) is 18.4. The number of benzene rings is 1. The van der Waals surface area contributed by atoms with E-state index in [0.717, 1.165) is 6.07 Å². The van der Waals surface area contributed by atoms with Gasteiger partial charge in [0.15, 0.2) is 0 Å². The Kier molecular flexibility index (Phi) is 3.75. The topological polar surface area (TPSA) is 69.6 Å². The molecule has 1 aromatic carbocycles. The van der Waals surface area contributed by atoms with E-state index in [1.54, 1.807) is 0 Å². The van der Waals surface area contributed by atoms with Crippen LogP contribution >= 0.6 is 10.2 Å². The summed E-state index contributed by atoms with van der Waals surface area (Å²) in [7, 11) is -9.92. The summed E-state index contributed by atoms with van der Waals surface area (Å²) in [5.74, 6) is -1.10. The summed E-state index contributed by atoms with van der Waals surface area (Å²) in [6.45, 7) is -0.557. The number of likely N-dealkylation sites (tertiary alicyclic amines) is 1. The third kappa shape index (κ3) is 4.04. The van der Waals surface area contributed by atoms with Crippen LogP contribution in [0.25, 0.3) is 0 Å². The molecular formula is C12H12F6N2O3S. The van der Waals surface area contributed by atoms with Gasteiger partial charge in [0.2, 0.25) is 5.91 Å². The maximum Gasteiger partial charge on any atom is 0.408 e. The van der Waals surface area contributed by atoms with Gasteiger partial charge in [-0.1, -0.05) is 25.5 Å². The van der Waals surface area contributed by atoms with Crippen molar-refractivity contribution in [3.63, 3.8) is 0 Å². The van der Waals surface area contributed by atoms with Gasteiger partial charge >= 0.3 is 16.3 Å².